The Balaban J connectivity index is 2.42. The van der Waals surface area contributed by atoms with Crippen LogP contribution < -0.4 is 16.2 Å². The summed E-state index contributed by atoms with van der Waals surface area (Å²) in [7, 11) is 0. The first kappa shape index (κ1) is 17.8. The van der Waals surface area contributed by atoms with Gasteiger partial charge < -0.3 is 5.23 Å². The molecular formula is C21H30BN. The van der Waals surface area contributed by atoms with Crippen LogP contribution in [0.25, 0.3) is 0 Å². The number of rotatable bonds is 4. The topological polar surface area (TPSA) is 12.0 Å². The molecular weight excluding hydrogens is 277 g/mol. The molecule has 0 amide bonds. The average molecular weight is 307 g/mol. The lowest BCUT2D eigenvalue weighted by atomic mass is 9.49. The van der Waals surface area contributed by atoms with Gasteiger partial charge in [0.05, 0.1) is 0 Å². The third kappa shape index (κ3) is 4.72. The molecule has 0 aliphatic rings. The van der Waals surface area contributed by atoms with E-state index in [1.54, 1.807) is 0 Å². The van der Waals surface area contributed by atoms with Gasteiger partial charge in [0.25, 0.3) is 6.85 Å². The summed E-state index contributed by atoms with van der Waals surface area (Å²) in [6.07, 6.45) is 0. The number of hydrogen-bond acceptors (Lipinski definition) is 1. The first-order valence-corrected chi connectivity index (χ1v) is 8.55. The van der Waals surface area contributed by atoms with Crippen molar-refractivity contribution >= 4 is 17.8 Å². The molecule has 2 aromatic rings. The van der Waals surface area contributed by atoms with E-state index in [1.807, 2.05) is 0 Å². The van der Waals surface area contributed by atoms with Gasteiger partial charge in [-0.15, -0.1) is 0 Å². The van der Waals surface area contributed by atoms with Crippen molar-refractivity contribution in [3.63, 3.8) is 0 Å². The third-order valence-corrected chi connectivity index (χ3v) is 4.33. The second-order valence-electron chi connectivity index (χ2n) is 8.59. The van der Waals surface area contributed by atoms with Gasteiger partial charge in [-0.25, -0.2) is 0 Å². The van der Waals surface area contributed by atoms with Crippen molar-refractivity contribution in [2.45, 2.75) is 47.6 Å². The Morgan fingerprint density at radius 1 is 0.652 bits per heavy atom. The molecule has 0 heterocycles. The fourth-order valence-corrected chi connectivity index (χ4v) is 3.64. The lowest BCUT2D eigenvalue weighted by molar-refractivity contribution is 0.163. The van der Waals surface area contributed by atoms with Crippen LogP contribution in [0.15, 0.2) is 60.7 Å². The third-order valence-electron chi connectivity index (χ3n) is 4.33. The molecule has 0 aliphatic carbocycles. The van der Waals surface area contributed by atoms with E-state index in [1.165, 1.54) is 10.9 Å². The summed E-state index contributed by atoms with van der Waals surface area (Å²) in [6, 6.07) is 21.9. The highest BCUT2D eigenvalue weighted by Gasteiger charge is 2.37. The van der Waals surface area contributed by atoms with Crippen LogP contribution in [0.5, 0.6) is 0 Å². The van der Waals surface area contributed by atoms with Crippen LogP contribution in [-0.2, 0) is 0 Å². The molecule has 0 radical (unpaired) electrons. The van der Waals surface area contributed by atoms with Crippen LogP contribution >= 0.6 is 0 Å². The zero-order valence-corrected chi connectivity index (χ0v) is 15.4. The van der Waals surface area contributed by atoms with Crippen LogP contribution in [0.4, 0.5) is 0 Å². The zero-order valence-electron chi connectivity index (χ0n) is 15.4. The molecule has 23 heavy (non-hydrogen) atoms. The van der Waals surface area contributed by atoms with Crippen molar-refractivity contribution < 1.29 is 0 Å². The van der Waals surface area contributed by atoms with E-state index in [9.17, 15) is 0 Å². The average Bonchev–Trinajstić information content (AvgIpc) is 2.47. The lowest BCUT2D eigenvalue weighted by Crippen LogP contribution is -2.63. The molecule has 0 saturated carbocycles. The molecule has 0 fully saturated rings. The molecule has 122 valence electrons. The highest BCUT2D eigenvalue weighted by Crippen LogP contribution is 2.33. The number of hydrogen-bond donors (Lipinski definition) is 1. The van der Waals surface area contributed by atoms with Crippen molar-refractivity contribution in [2.24, 2.45) is 10.8 Å². The summed E-state index contributed by atoms with van der Waals surface area (Å²) in [4.78, 5) is 0. The van der Waals surface area contributed by atoms with Gasteiger partial charge in [-0.2, -0.15) is 0 Å². The summed E-state index contributed by atoms with van der Waals surface area (Å²) in [6.45, 7) is 14.1. The highest BCUT2D eigenvalue weighted by molar-refractivity contribution is 6.83. The highest BCUT2D eigenvalue weighted by atomic mass is 14.9. The van der Waals surface area contributed by atoms with Crippen LogP contribution in [0.3, 0.4) is 0 Å². The molecule has 2 aromatic carbocycles. The Labute approximate surface area is 142 Å². The predicted octanol–water partition coefficient (Wildman–Crippen LogP) is 3.84. The predicted molar refractivity (Wildman–Crippen MR) is 104 cm³/mol. The second-order valence-corrected chi connectivity index (χ2v) is 8.59. The molecule has 0 unspecified atom stereocenters. The smallest absolute Gasteiger partial charge is 0.289 e. The van der Waals surface area contributed by atoms with Crippen LogP contribution in [0.2, 0.25) is 0 Å². The fraction of sp³-hybridized carbons (Fsp3) is 0.429. The maximum atomic E-state index is 3.97. The Kier molecular flexibility index (Phi) is 5.36. The minimum Gasteiger partial charge on any atom is -0.344 e. The van der Waals surface area contributed by atoms with Gasteiger partial charge in [0.15, 0.2) is 0 Å². The summed E-state index contributed by atoms with van der Waals surface area (Å²) in [5.74, 6) is 0. The minimum atomic E-state index is 0.181. The van der Waals surface area contributed by atoms with Crippen molar-refractivity contribution in [2.75, 3.05) is 0 Å². The molecule has 2 rings (SSSR count). The first-order chi connectivity index (χ1) is 10.7. The molecule has 0 spiro atoms. The van der Waals surface area contributed by atoms with Gasteiger partial charge in [0, 0.05) is 6.04 Å². The SMILES string of the molecule is CC(C)(C)C(NB(c1ccccc1)c1ccccc1)C(C)(C)C. The number of nitrogens with one attached hydrogen (secondary N) is 1. The number of benzene rings is 2. The van der Waals surface area contributed by atoms with Crippen molar-refractivity contribution in [1.29, 1.82) is 0 Å². The maximum Gasteiger partial charge on any atom is 0.289 e. The van der Waals surface area contributed by atoms with E-state index in [2.05, 4.69) is 107 Å². The molecule has 0 atom stereocenters. The maximum absolute atomic E-state index is 3.97. The van der Waals surface area contributed by atoms with Crippen LogP contribution in [0.1, 0.15) is 41.5 Å². The summed E-state index contributed by atoms with van der Waals surface area (Å²) in [5.41, 5.74) is 2.99. The van der Waals surface area contributed by atoms with Crippen molar-refractivity contribution in [3.8, 4) is 0 Å². The summed E-state index contributed by atoms with van der Waals surface area (Å²) >= 11 is 0. The van der Waals surface area contributed by atoms with Crippen molar-refractivity contribution in [3.05, 3.63) is 60.7 Å². The molecule has 1 nitrogen and oxygen atoms in total. The van der Waals surface area contributed by atoms with Gasteiger partial charge in [-0.05, 0) is 10.8 Å². The Morgan fingerprint density at radius 3 is 1.30 bits per heavy atom. The zero-order chi connectivity index (χ0) is 17.1. The Bertz CT molecular complexity index is 540. The lowest BCUT2D eigenvalue weighted by Gasteiger charge is -2.43. The summed E-state index contributed by atoms with van der Waals surface area (Å²) in [5, 5.41) is 3.97. The molecule has 0 aliphatic heterocycles. The molecule has 0 aromatic heterocycles. The van der Waals surface area contributed by atoms with Crippen LogP contribution in [0, 0.1) is 10.8 Å². The fourth-order valence-electron chi connectivity index (χ4n) is 3.64. The van der Waals surface area contributed by atoms with Gasteiger partial charge in [-0.1, -0.05) is 113 Å². The standard InChI is InChI=1S/C21H30BN/c1-20(2,3)19(21(4,5)6)23-22(17-13-9-7-10-14-17)18-15-11-8-12-16-18/h7-16,19,23H,1-6H3. The molecule has 0 bridgehead atoms. The van der Waals surface area contributed by atoms with Gasteiger partial charge in [-0.3, -0.25) is 0 Å². The second kappa shape index (κ2) is 6.92. The quantitative estimate of drug-likeness (QED) is 0.846. The normalized spacial score (nSPS) is 12.5. The Morgan fingerprint density at radius 2 is 1.00 bits per heavy atom. The monoisotopic (exact) mass is 307 g/mol. The molecule has 0 saturated heterocycles. The molecule has 2 heteroatoms. The van der Waals surface area contributed by atoms with E-state index in [-0.39, 0.29) is 17.7 Å². The first-order valence-electron chi connectivity index (χ1n) is 8.55. The van der Waals surface area contributed by atoms with Gasteiger partial charge >= 0.3 is 0 Å². The van der Waals surface area contributed by atoms with Crippen LogP contribution in [-0.4, -0.2) is 12.9 Å². The minimum absolute atomic E-state index is 0.181. The molecule has 1 N–H and O–H groups in total. The van der Waals surface area contributed by atoms with E-state index in [0.29, 0.717) is 6.04 Å². The van der Waals surface area contributed by atoms with Gasteiger partial charge in [0.1, 0.15) is 0 Å². The van der Waals surface area contributed by atoms with Crippen molar-refractivity contribution in [1.82, 2.24) is 5.23 Å². The van der Waals surface area contributed by atoms with E-state index in [4.69, 9.17) is 0 Å². The van der Waals surface area contributed by atoms with E-state index >= 15 is 0 Å². The van der Waals surface area contributed by atoms with E-state index in [0.717, 1.165) is 0 Å². The van der Waals surface area contributed by atoms with E-state index < -0.39 is 0 Å². The summed E-state index contributed by atoms with van der Waals surface area (Å²) < 4.78 is 0. The van der Waals surface area contributed by atoms with Gasteiger partial charge in [0.2, 0.25) is 0 Å². The Hall–Kier alpha value is -1.54. The largest absolute Gasteiger partial charge is 0.344 e.